The van der Waals surface area contributed by atoms with Gasteiger partial charge in [0.1, 0.15) is 6.33 Å². The predicted octanol–water partition coefficient (Wildman–Crippen LogP) is 1.46. The Kier molecular flexibility index (Phi) is 3.12. The minimum atomic E-state index is 0.458. The van der Waals surface area contributed by atoms with Crippen LogP contribution in [0.5, 0.6) is 5.88 Å². The third-order valence-corrected chi connectivity index (χ3v) is 2.91. The van der Waals surface area contributed by atoms with Gasteiger partial charge < -0.3 is 10.5 Å². The molecular weight excluding hydrogens is 218 g/mol. The first-order chi connectivity index (χ1) is 8.17. The van der Waals surface area contributed by atoms with E-state index in [2.05, 4.69) is 28.8 Å². The van der Waals surface area contributed by atoms with E-state index in [1.54, 1.807) is 7.11 Å². The van der Waals surface area contributed by atoms with Gasteiger partial charge in [-0.25, -0.2) is 9.97 Å². The maximum absolute atomic E-state index is 5.91. The van der Waals surface area contributed by atoms with Gasteiger partial charge in [-0.1, -0.05) is 20.3 Å². The van der Waals surface area contributed by atoms with E-state index >= 15 is 0 Å². The Morgan fingerprint density at radius 1 is 1.47 bits per heavy atom. The van der Waals surface area contributed by atoms with Crippen LogP contribution >= 0.6 is 0 Å². The van der Waals surface area contributed by atoms with Crippen molar-refractivity contribution in [2.45, 2.75) is 26.8 Å². The number of hydrogen-bond donors (Lipinski definition) is 1. The Hall–Kier alpha value is -1.85. The third kappa shape index (κ3) is 2.02. The van der Waals surface area contributed by atoms with Crippen molar-refractivity contribution in [3.8, 4) is 5.88 Å². The smallest absolute Gasteiger partial charge is 0.245 e. The summed E-state index contributed by atoms with van der Waals surface area (Å²) in [5.41, 5.74) is 7.26. The standard InChI is InChI=1S/C11H17N5O/c1-4-7(2)5-16-9-8(15-11(16)12)10(17-3)14-6-13-9/h6-7H,4-5H2,1-3H3,(H2,12,15). The molecule has 17 heavy (non-hydrogen) atoms. The third-order valence-electron chi connectivity index (χ3n) is 2.91. The Morgan fingerprint density at radius 3 is 2.88 bits per heavy atom. The molecule has 6 nitrogen and oxygen atoms in total. The summed E-state index contributed by atoms with van der Waals surface area (Å²) >= 11 is 0. The fourth-order valence-electron chi connectivity index (χ4n) is 1.70. The Morgan fingerprint density at radius 2 is 2.24 bits per heavy atom. The molecule has 0 aliphatic carbocycles. The van der Waals surface area contributed by atoms with Crippen LogP contribution in [0.15, 0.2) is 6.33 Å². The molecule has 2 heterocycles. The summed E-state index contributed by atoms with van der Waals surface area (Å²) in [4.78, 5) is 12.5. The van der Waals surface area contributed by atoms with Crippen molar-refractivity contribution >= 4 is 17.1 Å². The normalized spacial score (nSPS) is 12.9. The largest absolute Gasteiger partial charge is 0.479 e. The van der Waals surface area contributed by atoms with E-state index in [0.717, 1.165) is 18.6 Å². The molecule has 0 radical (unpaired) electrons. The number of methoxy groups -OCH3 is 1. The molecule has 0 aliphatic rings. The average Bonchev–Trinajstić information content (AvgIpc) is 2.66. The molecule has 0 saturated carbocycles. The number of ether oxygens (including phenoxy) is 1. The van der Waals surface area contributed by atoms with Crippen LogP contribution in [0.25, 0.3) is 11.2 Å². The summed E-state index contributed by atoms with van der Waals surface area (Å²) in [5, 5.41) is 0. The van der Waals surface area contributed by atoms with Gasteiger partial charge in [-0.15, -0.1) is 0 Å². The van der Waals surface area contributed by atoms with Crippen LogP contribution in [0, 0.1) is 5.92 Å². The van der Waals surface area contributed by atoms with E-state index in [1.165, 1.54) is 6.33 Å². The quantitative estimate of drug-likeness (QED) is 0.868. The van der Waals surface area contributed by atoms with Crippen LogP contribution < -0.4 is 10.5 Å². The highest BCUT2D eigenvalue weighted by atomic mass is 16.5. The fraction of sp³-hybridized carbons (Fsp3) is 0.545. The van der Waals surface area contributed by atoms with E-state index in [9.17, 15) is 0 Å². The number of nitrogens with zero attached hydrogens (tertiary/aromatic N) is 4. The number of nitrogens with two attached hydrogens (primary N) is 1. The zero-order valence-electron chi connectivity index (χ0n) is 10.3. The van der Waals surface area contributed by atoms with E-state index in [0.29, 0.717) is 23.3 Å². The summed E-state index contributed by atoms with van der Waals surface area (Å²) in [6.07, 6.45) is 2.55. The number of rotatable bonds is 4. The van der Waals surface area contributed by atoms with E-state index in [1.807, 2.05) is 4.57 Å². The SMILES string of the molecule is CCC(C)Cn1c(N)nc2c(OC)ncnc21. The molecule has 2 N–H and O–H groups in total. The van der Waals surface area contributed by atoms with Gasteiger partial charge in [0.25, 0.3) is 0 Å². The van der Waals surface area contributed by atoms with Crippen molar-refractivity contribution < 1.29 is 4.74 Å². The Bertz CT molecular complexity index is 522. The molecule has 0 aromatic carbocycles. The second-order valence-corrected chi connectivity index (χ2v) is 4.15. The molecule has 0 fully saturated rings. The lowest BCUT2D eigenvalue weighted by atomic mass is 10.1. The molecule has 6 heteroatoms. The molecule has 1 atom stereocenters. The predicted molar refractivity (Wildman–Crippen MR) is 65.7 cm³/mol. The first kappa shape index (κ1) is 11.6. The number of hydrogen-bond acceptors (Lipinski definition) is 5. The summed E-state index contributed by atoms with van der Waals surface area (Å²) in [5.74, 6) is 1.44. The molecule has 2 aromatic heterocycles. The second-order valence-electron chi connectivity index (χ2n) is 4.15. The van der Waals surface area contributed by atoms with Gasteiger partial charge in [0.05, 0.1) is 7.11 Å². The molecule has 2 aromatic rings. The van der Waals surface area contributed by atoms with Crippen LogP contribution in [0.4, 0.5) is 5.95 Å². The molecule has 0 aliphatic heterocycles. The lowest BCUT2D eigenvalue weighted by molar-refractivity contribution is 0.401. The highest BCUT2D eigenvalue weighted by Crippen LogP contribution is 2.23. The monoisotopic (exact) mass is 235 g/mol. The zero-order valence-corrected chi connectivity index (χ0v) is 10.3. The van der Waals surface area contributed by atoms with E-state index < -0.39 is 0 Å². The van der Waals surface area contributed by atoms with Crippen molar-refractivity contribution in [3.05, 3.63) is 6.33 Å². The van der Waals surface area contributed by atoms with E-state index in [4.69, 9.17) is 10.5 Å². The van der Waals surface area contributed by atoms with Crippen molar-refractivity contribution in [1.82, 2.24) is 19.5 Å². The summed E-state index contributed by atoms with van der Waals surface area (Å²) in [6.45, 7) is 5.12. The minimum Gasteiger partial charge on any atom is -0.479 e. The van der Waals surface area contributed by atoms with Gasteiger partial charge in [-0.2, -0.15) is 4.98 Å². The molecular formula is C11H17N5O. The van der Waals surface area contributed by atoms with Crippen molar-refractivity contribution in [1.29, 1.82) is 0 Å². The fourth-order valence-corrected chi connectivity index (χ4v) is 1.70. The first-order valence-corrected chi connectivity index (χ1v) is 5.68. The molecule has 0 saturated heterocycles. The maximum atomic E-state index is 5.91. The number of imidazole rings is 1. The number of aromatic nitrogens is 4. The maximum Gasteiger partial charge on any atom is 0.245 e. The highest BCUT2D eigenvalue weighted by molar-refractivity contribution is 5.78. The second kappa shape index (κ2) is 4.57. The number of nitrogen functional groups attached to an aromatic ring is 1. The van der Waals surface area contributed by atoms with Crippen LogP contribution in [0.1, 0.15) is 20.3 Å². The van der Waals surface area contributed by atoms with Gasteiger partial charge in [0.15, 0.2) is 11.2 Å². The van der Waals surface area contributed by atoms with Crippen molar-refractivity contribution in [2.24, 2.45) is 5.92 Å². The topological polar surface area (TPSA) is 78.9 Å². The Balaban J connectivity index is 2.52. The first-order valence-electron chi connectivity index (χ1n) is 5.68. The summed E-state index contributed by atoms with van der Waals surface area (Å²) in [6, 6.07) is 0. The van der Waals surface area contributed by atoms with Gasteiger partial charge in [0.2, 0.25) is 11.8 Å². The van der Waals surface area contributed by atoms with Crippen LogP contribution in [0.3, 0.4) is 0 Å². The van der Waals surface area contributed by atoms with E-state index in [-0.39, 0.29) is 0 Å². The molecule has 1 unspecified atom stereocenters. The van der Waals surface area contributed by atoms with Crippen LogP contribution in [-0.2, 0) is 6.54 Å². The molecule has 2 rings (SSSR count). The molecule has 0 bridgehead atoms. The molecule has 0 amide bonds. The molecule has 92 valence electrons. The highest BCUT2D eigenvalue weighted by Gasteiger charge is 2.15. The Labute approximate surface area is 99.8 Å². The van der Waals surface area contributed by atoms with Crippen LogP contribution in [-0.4, -0.2) is 26.6 Å². The average molecular weight is 235 g/mol. The zero-order chi connectivity index (χ0) is 12.4. The number of anilines is 1. The van der Waals surface area contributed by atoms with Crippen LogP contribution in [0.2, 0.25) is 0 Å². The van der Waals surface area contributed by atoms with Gasteiger partial charge in [0, 0.05) is 6.54 Å². The number of fused-ring (bicyclic) bond motifs is 1. The minimum absolute atomic E-state index is 0.458. The van der Waals surface area contributed by atoms with Gasteiger partial charge >= 0.3 is 0 Å². The van der Waals surface area contributed by atoms with Gasteiger partial charge in [-0.05, 0) is 5.92 Å². The summed E-state index contributed by atoms with van der Waals surface area (Å²) < 4.78 is 7.06. The van der Waals surface area contributed by atoms with Crippen molar-refractivity contribution in [3.63, 3.8) is 0 Å². The summed E-state index contributed by atoms with van der Waals surface area (Å²) in [7, 11) is 1.56. The van der Waals surface area contributed by atoms with Crippen molar-refractivity contribution in [2.75, 3.05) is 12.8 Å². The molecule has 0 spiro atoms. The lowest BCUT2D eigenvalue weighted by Gasteiger charge is -2.10. The lowest BCUT2D eigenvalue weighted by Crippen LogP contribution is -2.10. The van der Waals surface area contributed by atoms with Gasteiger partial charge in [-0.3, -0.25) is 4.57 Å².